The molecule has 3 N–H and O–H groups in total. The van der Waals surface area contributed by atoms with Crippen LogP contribution in [0, 0.1) is 5.92 Å². The van der Waals surface area contributed by atoms with Crippen molar-refractivity contribution in [3.05, 3.63) is 0 Å². The van der Waals surface area contributed by atoms with E-state index in [-0.39, 0.29) is 25.7 Å². The molecule has 0 spiro atoms. The van der Waals surface area contributed by atoms with E-state index >= 15 is 0 Å². The molecule has 0 aromatic carbocycles. The fraction of sp³-hybridized carbons (Fsp3) is 0.951. The number of carbonyl (C=O) groups is 4. The number of esters is 4. The van der Waals surface area contributed by atoms with Crippen molar-refractivity contribution < 1.29 is 80.2 Å². The quantitative estimate of drug-likeness (QED) is 0.0222. The molecular weight excluding hydrogens is 1320 g/mol. The number of carbonyl (C=O) groups excluding carboxylic acids is 4. The Labute approximate surface area is 619 Å². The van der Waals surface area contributed by atoms with Crippen LogP contribution in [0.1, 0.15) is 439 Å². The number of phosphoric acid groups is 2. The molecule has 0 aliphatic carbocycles. The van der Waals surface area contributed by atoms with Crippen LogP contribution >= 0.6 is 15.6 Å². The van der Waals surface area contributed by atoms with Crippen molar-refractivity contribution in [2.75, 3.05) is 39.6 Å². The number of aliphatic hydroxyl groups excluding tert-OH is 1. The summed E-state index contributed by atoms with van der Waals surface area (Å²) in [5.41, 5.74) is 0. The summed E-state index contributed by atoms with van der Waals surface area (Å²) >= 11 is 0. The van der Waals surface area contributed by atoms with E-state index in [1.54, 1.807) is 0 Å². The second kappa shape index (κ2) is 74.9. The Kier molecular flexibility index (Phi) is 73.5. The van der Waals surface area contributed by atoms with Crippen molar-refractivity contribution in [2.45, 2.75) is 457 Å². The van der Waals surface area contributed by atoms with Crippen molar-refractivity contribution in [3.8, 4) is 0 Å². The number of phosphoric ester groups is 2. The third-order valence-electron chi connectivity index (χ3n) is 19.3. The molecule has 0 aliphatic heterocycles. The molecule has 0 aromatic rings. The van der Waals surface area contributed by atoms with Crippen molar-refractivity contribution in [1.29, 1.82) is 0 Å². The van der Waals surface area contributed by atoms with Gasteiger partial charge in [-0.25, -0.2) is 9.13 Å². The summed E-state index contributed by atoms with van der Waals surface area (Å²) in [6, 6.07) is 0. The van der Waals surface area contributed by atoms with Gasteiger partial charge in [-0.3, -0.25) is 37.3 Å². The second-order valence-electron chi connectivity index (χ2n) is 30.0. The average Bonchev–Trinajstić information content (AvgIpc) is 0.970. The summed E-state index contributed by atoms with van der Waals surface area (Å²) in [6.07, 6.45) is 66.6. The number of unbranched alkanes of at least 4 members (excludes halogenated alkanes) is 54. The van der Waals surface area contributed by atoms with Gasteiger partial charge in [0.05, 0.1) is 26.4 Å². The van der Waals surface area contributed by atoms with Crippen LogP contribution in [0.2, 0.25) is 0 Å². The van der Waals surface area contributed by atoms with Gasteiger partial charge >= 0.3 is 39.5 Å². The maximum absolute atomic E-state index is 13.1. The highest BCUT2D eigenvalue weighted by atomic mass is 31.2. The normalized spacial score (nSPS) is 13.8. The molecule has 19 heteroatoms. The number of aliphatic hydroxyl groups is 1. The summed E-state index contributed by atoms with van der Waals surface area (Å²) in [4.78, 5) is 73.0. The van der Waals surface area contributed by atoms with Crippen LogP contribution < -0.4 is 0 Å². The Morgan fingerprint density at radius 1 is 0.267 bits per heavy atom. The number of rotatable bonds is 82. The van der Waals surface area contributed by atoms with E-state index in [9.17, 15) is 43.2 Å². The molecule has 0 heterocycles. The largest absolute Gasteiger partial charge is 0.472 e. The molecule has 101 heavy (non-hydrogen) atoms. The van der Waals surface area contributed by atoms with Crippen molar-refractivity contribution in [2.24, 2.45) is 5.92 Å². The highest BCUT2D eigenvalue weighted by Gasteiger charge is 2.30. The minimum absolute atomic E-state index is 0.109. The average molecular weight is 1480 g/mol. The van der Waals surface area contributed by atoms with Gasteiger partial charge < -0.3 is 33.8 Å². The predicted molar refractivity (Wildman–Crippen MR) is 414 cm³/mol. The van der Waals surface area contributed by atoms with E-state index in [2.05, 4.69) is 34.6 Å². The van der Waals surface area contributed by atoms with Gasteiger partial charge in [0.25, 0.3) is 0 Å². The van der Waals surface area contributed by atoms with E-state index in [4.69, 9.17) is 37.0 Å². The summed E-state index contributed by atoms with van der Waals surface area (Å²) < 4.78 is 68.7. The predicted octanol–water partition coefficient (Wildman–Crippen LogP) is 24.8. The van der Waals surface area contributed by atoms with Crippen LogP contribution in [0.4, 0.5) is 0 Å². The molecule has 0 saturated carbocycles. The summed E-state index contributed by atoms with van der Waals surface area (Å²) in [6.45, 7) is 7.35. The molecule has 0 aliphatic rings. The first-order valence-corrected chi connectivity index (χ1v) is 45.6. The SMILES string of the molecule is CCCCCCCCCCCCCCCCCCCCC(=O)O[C@H](COC(=O)CCCCCCCCCCCCCCCCC(C)C)COP(=O)(O)OC[C@@H](O)COP(=O)(O)OC[C@@H](COC(=O)CCCCCCCCCCC)OC(=O)CCCCCCCCCCCCCCCCCCC. The molecule has 17 nitrogen and oxygen atoms in total. The van der Waals surface area contributed by atoms with E-state index in [0.717, 1.165) is 95.8 Å². The Morgan fingerprint density at radius 2 is 0.455 bits per heavy atom. The van der Waals surface area contributed by atoms with Crippen LogP contribution in [0.25, 0.3) is 0 Å². The molecule has 0 amide bonds. The van der Waals surface area contributed by atoms with E-state index < -0.39 is 97.5 Å². The van der Waals surface area contributed by atoms with Crippen molar-refractivity contribution in [3.63, 3.8) is 0 Å². The first-order valence-electron chi connectivity index (χ1n) is 42.6. The standard InChI is InChI=1S/C82H160O17P2/c1-6-9-12-15-18-21-23-25-27-29-31-33-39-43-48-53-58-63-68-82(87)99-78(72-93-80(85)66-61-56-51-46-41-37-35-34-36-40-45-49-54-59-64-75(4)5)74-97-101(90,91)95-70-76(83)69-94-100(88,89)96-73-77(71-92-79(84)65-60-55-50-44-20-17-14-11-8-3)98-81(86)67-62-57-52-47-42-38-32-30-28-26-24-22-19-16-13-10-7-2/h75-78,83H,6-74H2,1-5H3,(H,88,89)(H,90,91)/t76-,77+,78+/m0/s1. The Hall–Kier alpha value is -1.94. The van der Waals surface area contributed by atoms with Crippen LogP contribution in [0.5, 0.6) is 0 Å². The summed E-state index contributed by atoms with van der Waals surface area (Å²) in [5, 5.41) is 10.6. The first kappa shape index (κ1) is 99.1. The molecule has 0 saturated heterocycles. The molecule has 0 bridgehead atoms. The van der Waals surface area contributed by atoms with Gasteiger partial charge in [-0.2, -0.15) is 0 Å². The fourth-order valence-corrected chi connectivity index (χ4v) is 14.3. The van der Waals surface area contributed by atoms with Crippen LogP contribution in [-0.4, -0.2) is 96.7 Å². The molecule has 2 unspecified atom stereocenters. The molecule has 0 aromatic heterocycles. The zero-order chi connectivity index (χ0) is 74.1. The van der Waals surface area contributed by atoms with Gasteiger partial charge in [-0.1, -0.05) is 388 Å². The lowest BCUT2D eigenvalue weighted by Crippen LogP contribution is -2.30. The fourth-order valence-electron chi connectivity index (χ4n) is 12.8. The Balaban J connectivity index is 5.22. The van der Waals surface area contributed by atoms with Crippen molar-refractivity contribution >= 4 is 39.5 Å². The summed E-state index contributed by atoms with van der Waals surface area (Å²) in [5.74, 6) is -1.31. The van der Waals surface area contributed by atoms with Crippen LogP contribution in [0.15, 0.2) is 0 Å². The van der Waals surface area contributed by atoms with Crippen LogP contribution in [-0.2, 0) is 65.4 Å². The molecule has 5 atom stereocenters. The van der Waals surface area contributed by atoms with Crippen molar-refractivity contribution in [1.82, 2.24) is 0 Å². The maximum atomic E-state index is 13.1. The maximum Gasteiger partial charge on any atom is 0.472 e. The molecule has 0 rings (SSSR count). The number of hydrogen-bond donors (Lipinski definition) is 3. The van der Waals surface area contributed by atoms with Gasteiger partial charge in [0.1, 0.15) is 19.3 Å². The highest BCUT2D eigenvalue weighted by molar-refractivity contribution is 7.47. The topological polar surface area (TPSA) is 237 Å². The molecule has 600 valence electrons. The number of ether oxygens (including phenoxy) is 4. The Bertz CT molecular complexity index is 1930. The summed E-state index contributed by atoms with van der Waals surface area (Å²) in [7, 11) is -9.92. The zero-order valence-corrected chi connectivity index (χ0v) is 67.8. The van der Waals surface area contributed by atoms with E-state index in [1.807, 2.05) is 0 Å². The smallest absolute Gasteiger partial charge is 0.462 e. The Morgan fingerprint density at radius 3 is 0.673 bits per heavy atom. The van der Waals surface area contributed by atoms with Gasteiger partial charge in [0, 0.05) is 25.7 Å². The third-order valence-corrected chi connectivity index (χ3v) is 21.2. The van der Waals surface area contributed by atoms with E-state index in [0.29, 0.717) is 25.7 Å². The van der Waals surface area contributed by atoms with Gasteiger partial charge in [-0.05, 0) is 31.6 Å². The third kappa shape index (κ3) is 76.1. The lowest BCUT2D eigenvalue weighted by Gasteiger charge is -2.21. The highest BCUT2D eigenvalue weighted by Crippen LogP contribution is 2.45. The molecule has 0 fully saturated rings. The van der Waals surface area contributed by atoms with Crippen LogP contribution in [0.3, 0.4) is 0 Å². The van der Waals surface area contributed by atoms with E-state index in [1.165, 1.54) is 263 Å². The van der Waals surface area contributed by atoms with Gasteiger partial charge in [0.2, 0.25) is 0 Å². The second-order valence-corrected chi connectivity index (χ2v) is 32.9. The number of hydrogen-bond acceptors (Lipinski definition) is 15. The zero-order valence-electron chi connectivity index (χ0n) is 66.1. The monoisotopic (exact) mass is 1480 g/mol. The minimum Gasteiger partial charge on any atom is -0.462 e. The lowest BCUT2D eigenvalue weighted by molar-refractivity contribution is -0.161. The molecule has 0 radical (unpaired) electrons. The minimum atomic E-state index is -4.96. The first-order chi connectivity index (χ1) is 49.0. The molecular formula is C82H160O17P2. The van der Waals surface area contributed by atoms with Gasteiger partial charge in [-0.15, -0.1) is 0 Å². The lowest BCUT2D eigenvalue weighted by atomic mass is 10.0. The van der Waals surface area contributed by atoms with Gasteiger partial charge in [0.15, 0.2) is 12.2 Å².